The molecule has 0 aliphatic carbocycles. The molecule has 0 saturated carbocycles. The lowest BCUT2D eigenvalue weighted by molar-refractivity contribution is -0.117. The van der Waals surface area contributed by atoms with Gasteiger partial charge in [-0.3, -0.25) is 9.59 Å². The second-order valence-corrected chi connectivity index (χ2v) is 5.49. The largest absolute Gasteiger partial charge is 0.368 e. The third-order valence-corrected chi connectivity index (χ3v) is 3.40. The van der Waals surface area contributed by atoms with E-state index in [1.54, 1.807) is 12.1 Å². The Morgan fingerprint density at radius 3 is 2.32 bits per heavy atom. The van der Waals surface area contributed by atoms with Crippen molar-refractivity contribution < 1.29 is 9.59 Å². The Labute approximate surface area is 166 Å². The first-order chi connectivity index (χ1) is 11.5. The molecule has 140 valence electrons. The van der Waals surface area contributed by atoms with Gasteiger partial charge in [0, 0.05) is 18.2 Å². The lowest BCUT2D eigenvalue weighted by Gasteiger charge is -2.16. The molecule has 0 heterocycles. The first-order valence-electron chi connectivity index (χ1n) is 8.16. The highest BCUT2D eigenvalue weighted by Gasteiger charge is 2.06. The van der Waals surface area contributed by atoms with Gasteiger partial charge in [0.1, 0.15) is 0 Å². The number of carbonyl (C=O) groups is 2. The summed E-state index contributed by atoms with van der Waals surface area (Å²) in [5, 5.41) is 8.98. The Hall–Kier alpha value is -1.84. The van der Waals surface area contributed by atoms with Crippen molar-refractivity contribution in [3.05, 3.63) is 35.4 Å². The first-order valence-corrected chi connectivity index (χ1v) is 8.16. The molecule has 1 atom stereocenters. The van der Waals surface area contributed by atoms with Crippen molar-refractivity contribution in [3.63, 3.8) is 0 Å². The number of nitrogens with zero attached hydrogens (tertiary/aromatic N) is 1. The van der Waals surface area contributed by atoms with Gasteiger partial charge >= 0.3 is 0 Å². The average molecular weight is 461 g/mol. The zero-order valence-corrected chi connectivity index (χ0v) is 17.3. The number of hydrogen-bond acceptors (Lipinski definition) is 3. The molecular weight excluding hydrogens is 433 g/mol. The van der Waals surface area contributed by atoms with Crippen LogP contribution in [0.3, 0.4) is 0 Å². The molecule has 0 fully saturated rings. The molecule has 1 aromatic carbocycles. The molecule has 0 aliphatic heterocycles. The Kier molecular flexibility index (Phi) is 11.6. The van der Waals surface area contributed by atoms with E-state index in [1.165, 1.54) is 0 Å². The van der Waals surface area contributed by atoms with E-state index < -0.39 is 5.91 Å². The molecule has 0 saturated heterocycles. The van der Waals surface area contributed by atoms with Crippen LogP contribution in [-0.2, 0) is 11.3 Å². The van der Waals surface area contributed by atoms with Crippen LogP contribution < -0.4 is 21.7 Å². The minimum atomic E-state index is -0.570. The summed E-state index contributed by atoms with van der Waals surface area (Å²) < 4.78 is 0. The fourth-order valence-corrected chi connectivity index (χ4v) is 1.86. The highest BCUT2D eigenvalue weighted by atomic mass is 127. The minimum Gasteiger partial charge on any atom is -0.368 e. The molecule has 0 radical (unpaired) electrons. The van der Waals surface area contributed by atoms with Gasteiger partial charge in [-0.25, -0.2) is 4.99 Å². The van der Waals surface area contributed by atoms with Crippen molar-refractivity contribution in [2.75, 3.05) is 13.1 Å². The van der Waals surface area contributed by atoms with Crippen LogP contribution in [0.5, 0.6) is 0 Å². The van der Waals surface area contributed by atoms with Crippen LogP contribution in [0.1, 0.15) is 43.1 Å². The Morgan fingerprint density at radius 1 is 1.16 bits per heavy atom. The van der Waals surface area contributed by atoms with E-state index in [-0.39, 0.29) is 36.4 Å². The fourth-order valence-electron chi connectivity index (χ4n) is 1.86. The zero-order valence-electron chi connectivity index (χ0n) is 15.0. The summed E-state index contributed by atoms with van der Waals surface area (Å²) in [5.74, 6) is -0.121. The molecule has 0 aromatic heterocycles. The van der Waals surface area contributed by atoms with Crippen LogP contribution >= 0.6 is 24.0 Å². The maximum atomic E-state index is 11.8. The van der Waals surface area contributed by atoms with Gasteiger partial charge in [0.05, 0.1) is 13.1 Å². The molecular formula is C17H28IN5O2. The lowest BCUT2D eigenvalue weighted by Crippen LogP contribution is -2.41. The summed E-state index contributed by atoms with van der Waals surface area (Å²) in [6.07, 6.45) is 1.01. The molecule has 2 amide bonds. The number of hydrogen-bond donors (Lipinski definition) is 4. The summed E-state index contributed by atoms with van der Waals surface area (Å²) in [6, 6.07) is 7.44. The van der Waals surface area contributed by atoms with Crippen molar-refractivity contribution in [2.24, 2.45) is 10.7 Å². The third-order valence-electron chi connectivity index (χ3n) is 3.40. The summed E-state index contributed by atoms with van der Waals surface area (Å²) in [7, 11) is 0. The SMILES string of the molecule is CCNC(=NCc1ccc(C(=O)NCC(N)=O)cc1)NC(C)CC.I. The van der Waals surface area contributed by atoms with E-state index in [9.17, 15) is 9.59 Å². The van der Waals surface area contributed by atoms with Crippen LogP contribution in [0.4, 0.5) is 0 Å². The number of halogens is 1. The second-order valence-electron chi connectivity index (χ2n) is 5.49. The Morgan fingerprint density at radius 2 is 1.80 bits per heavy atom. The number of nitrogens with two attached hydrogens (primary N) is 1. The molecule has 8 heteroatoms. The van der Waals surface area contributed by atoms with Crippen LogP contribution in [0, 0.1) is 0 Å². The Bertz CT molecular complexity index is 575. The summed E-state index contributed by atoms with van der Waals surface area (Å²) in [6.45, 7) is 7.37. The number of nitrogens with one attached hydrogen (secondary N) is 3. The van der Waals surface area contributed by atoms with Crippen LogP contribution in [0.25, 0.3) is 0 Å². The molecule has 7 nitrogen and oxygen atoms in total. The van der Waals surface area contributed by atoms with Gasteiger partial charge in [-0.05, 0) is 38.0 Å². The molecule has 5 N–H and O–H groups in total. The van der Waals surface area contributed by atoms with Crippen LogP contribution in [0.2, 0.25) is 0 Å². The highest BCUT2D eigenvalue weighted by Crippen LogP contribution is 2.06. The van der Waals surface area contributed by atoms with E-state index in [2.05, 4.69) is 34.8 Å². The quantitative estimate of drug-likeness (QED) is 0.267. The monoisotopic (exact) mass is 461 g/mol. The molecule has 0 bridgehead atoms. The number of primary amides is 1. The average Bonchev–Trinajstić information content (AvgIpc) is 2.58. The van der Waals surface area contributed by atoms with E-state index in [4.69, 9.17) is 5.73 Å². The molecule has 1 aromatic rings. The summed E-state index contributed by atoms with van der Waals surface area (Å²) in [5.41, 5.74) is 6.47. The maximum Gasteiger partial charge on any atom is 0.251 e. The van der Waals surface area contributed by atoms with E-state index >= 15 is 0 Å². The van der Waals surface area contributed by atoms with Gasteiger partial charge in [0.2, 0.25) is 5.91 Å². The number of amides is 2. The van der Waals surface area contributed by atoms with Crippen LogP contribution in [0.15, 0.2) is 29.3 Å². The standard InChI is InChI=1S/C17H27N5O2.HI/c1-4-12(3)22-17(19-5-2)21-10-13-6-8-14(9-7-13)16(24)20-11-15(18)23;/h6-9,12H,4-5,10-11H2,1-3H3,(H2,18,23)(H,20,24)(H2,19,21,22);1H. The van der Waals surface area contributed by atoms with Crippen molar-refractivity contribution >= 4 is 41.8 Å². The third kappa shape index (κ3) is 9.28. The predicted molar refractivity (Wildman–Crippen MR) is 111 cm³/mol. The van der Waals surface area contributed by atoms with Gasteiger partial charge in [-0.15, -0.1) is 24.0 Å². The van der Waals surface area contributed by atoms with Crippen molar-refractivity contribution in [2.45, 2.75) is 39.8 Å². The molecule has 0 spiro atoms. The maximum absolute atomic E-state index is 11.8. The predicted octanol–water partition coefficient (Wildman–Crippen LogP) is 1.37. The normalized spacial score (nSPS) is 11.9. The number of guanidine groups is 1. The second kappa shape index (κ2) is 12.5. The zero-order chi connectivity index (χ0) is 17.9. The van der Waals surface area contributed by atoms with Gasteiger partial charge in [0.25, 0.3) is 5.91 Å². The van der Waals surface area contributed by atoms with Crippen molar-refractivity contribution in [1.82, 2.24) is 16.0 Å². The minimum absolute atomic E-state index is 0. The molecule has 0 aliphatic rings. The first kappa shape index (κ1) is 23.2. The highest BCUT2D eigenvalue weighted by molar-refractivity contribution is 14.0. The number of carbonyl (C=O) groups excluding carboxylic acids is 2. The van der Waals surface area contributed by atoms with E-state index in [0.717, 1.165) is 24.5 Å². The number of rotatable bonds is 8. The van der Waals surface area contributed by atoms with Crippen molar-refractivity contribution in [1.29, 1.82) is 0 Å². The summed E-state index contributed by atoms with van der Waals surface area (Å²) >= 11 is 0. The molecule has 1 rings (SSSR count). The van der Waals surface area contributed by atoms with Gasteiger partial charge in [-0.2, -0.15) is 0 Å². The number of aliphatic imine (C=N–C) groups is 1. The molecule has 1 unspecified atom stereocenters. The van der Waals surface area contributed by atoms with E-state index in [1.807, 2.05) is 19.1 Å². The topological polar surface area (TPSA) is 109 Å². The van der Waals surface area contributed by atoms with Gasteiger partial charge in [-0.1, -0.05) is 19.1 Å². The van der Waals surface area contributed by atoms with Gasteiger partial charge < -0.3 is 21.7 Å². The van der Waals surface area contributed by atoms with E-state index in [0.29, 0.717) is 18.2 Å². The molecule has 25 heavy (non-hydrogen) atoms. The lowest BCUT2D eigenvalue weighted by atomic mass is 10.1. The smallest absolute Gasteiger partial charge is 0.251 e. The Balaban J connectivity index is 0.00000576. The van der Waals surface area contributed by atoms with Gasteiger partial charge in [0.15, 0.2) is 5.96 Å². The fraction of sp³-hybridized carbons (Fsp3) is 0.471. The number of benzene rings is 1. The van der Waals surface area contributed by atoms with Crippen LogP contribution in [-0.4, -0.2) is 36.9 Å². The van der Waals surface area contributed by atoms with Crippen molar-refractivity contribution in [3.8, 4) is 0 Å². The summed E-state index contributed by atoms with van der Waals surface area (Å²) in [4.78, 5) is 27.0.